The zero-order chi connectivity index (χ0) is 19.5. The van der Waals surface area contributed by atoms with Crippen LogP contribution in [0.5, 0.6) is 0 Å². The number of rotatable bonds is 2. The van der Waals surface area contributed by atoms with Crippen LogP contribution < -0.4 is 10.6 Å². The molecule has 3 heterocycles. The van der Waals surface area contributed by atoms with Crippen LogP contribution in [-0.2, 0) is 16.1 Å². The largest absolute Gasteiger partial charge is 0.467 e. The standard InChI is InChI=1S/C13H10N2O2.C8H5NO2/c16-13-12(14-8-9-4-3-7-17-9)10-5-1-2-6-11(10)15-13;10-7-5-3-1-2-4-6(5)9-8(7)11/h1-7H,8H2,(H,14,15,16);1-4H,(H,9,10,11). The van der Waals surface area contributed by atoms with Gasteiger partial charge in [0.05, 0.1) is 29.7 Å². The van der Waals surface area contributed by atoms with Crippen LogP contribution in [0.1, 0.15) is 21.7 Å². The Kier molecular flexibility index (Phi) is 4.55. The van der Waals surface area contributed by atoms with E-state index in [2.05, 4.69) is 15.6 Å². The molecule has 28 heavy (non-hydrogen) atoms. The number of nitrogens with one attached hydrogen (secondary N) is 2. The Bertz CT molecular complexity index is 1100. The molecule has 0 radical (unpaired) electrons. The van der Waals surface area contributed by atoms with Gasteiger partial charge in [0.1, 0.15) is 11.5 Å². The summed E-state index contributed by atoms with van der Waals surface area (Å²) in [6, 6.07) is 18.0. The van der Waals surface area contributed by atoms with Gasteiger partial charge in [-0.05, 0) is 30.3 Å². The van der Waals surface area contributed by atoms with Crippen molar-refractivity contribution < 1.29 is 18.8 Å². The summed E-state index contributed by atoms with van der Waals surface area (Å²) in [6.07, 6.45) is 1.60. The number of carbonyl (C=O) groups excluding carboxylic acids is 3. The number of para-hydroxylation sites is 2. The maximum absolute atomic E-state index is 11.7. The second-order valence-corrected chi connectivity index (χ2v) is 6.07. The molecule has 0 unspecified atom stereocenters. The summed E-state index contributed by atoms with van der Waals surface area (Å²) < 4.78 is 5.18. The Hall–Kier alpha value is -4.00. The van der Waals surface area contributed by atoms with Gasteiger partial charge in [-0.3, -0.25) is 19.4 Å². The number of fused-ring (bicyclic) bond motifs is 2. The fourth-order valence-electron chi connectivity index (χ4n) is 2.91. The van der Waals surface area contributed by atoms with E-state index in [1.807, 2.05) is 30.3 Å². The second-order valence-electron chi connectivity index (χ2n) is 6.07. The van der Waals surface area contributed by atoms with Crippen LogP contribution in [0, 0.1) is 0 Å². The number of anilines is 2. The first kappa shape index (κ1) is 17.4. The smallest absolute Gasteiger partial charge is 0.296 e. The first-order chi connectivity index (χ1) is 13.6. The number of benzene rings is 2. The third kappa shape index (κ3) is 3.33. The Morgan fingerprint density at radius 1 is 0.750 bits per heavy atom. The molecular weight excluding hydrogens is 358 g/mol. The van der Waals surface area contributed by atoms with E-state index in [4.69, 9.17) is 4.42 Å². The van der Waals surface area contributed by atoms with E-state index in [-0.39, 0.29) is 5.91 Å². The van der Waals surface area contributed by atoms with Gasteiger partial charge in [0.25, 0.3) is 17.6 Å². The van der Waals surface area contributed by atoms with Gasteiger partial charge >= 0.3 is 0 Å². The highest BCUT2D eigenvalue weighted by atomic mass is 16.3. The van der Waals surface area contributed by atoms with Crippen LogP contribution in [-0.4, -0.2) is 23.3 Å². The van der Waals surface area contributed by atoms with E-state index in [9.17, 15) is 14.4 Å². The van der Waals surface area contributed by atoms with Gasteiger partial charge in [-0.2, -0.15) is 0 Å². The predicted octanol–water partition coefficient (Wildman–Crippen LogP) is 3.04. The predicted molar refractivity (Wildman–Crippen MR) is 103 cm³/mol. The lowest BCUT2D eigenvalue weighted by Gasteiger charge is -1.95. The van der Waals surface area contributed by atoms with Crippen LogP contribution >= 0.6 is 0 Å². The molecule has 2 aliphatic heterocycles. The van der Waals surface area contributed by atoms with Gasteiger partial charge in [0, 0.05) is 5.56 Å². The molecule has 0 saturated heterocycles. The highest BCUT2D eigenvalue weighted by Crippen LogP contribution is 2.23. The van der Waals surface area contributed by atoms with E-state index in [1.165, 1.54) is 0 Å². The van der Waals surface area contributed by atoms with Crippen LogP contribution in [0.2, 0.25) is 0 Å². The van der Waals surface area contributed by atoms with E-state index >= 15 is 0 Å². The normalized spacial score (nSPS) is 15.4. The van der Waals surface area contributed by atoms with Crippen molar-refractivity contribution in [1.29, 1.82) is 0 Å². The maximum Gasteiger partial charge on any atom is 0.296 e. The molecule has 0 saturated carbocycles. The maximum atomic E-state index is 11.7. The lowest BCUT2D eigenvalue weighted by Crippen LogP contribution is -2.14. The molecule has 2 aromatic carbocycles. The summed E-state index contributed by atoms with van der Waals surface area (Å²) in [6.45, 7) is 0.379. The van der Waals surface area contributed by atoms with E-state index in [0.29, 0.717) is 23.5 Å². The van der Waals surface area contributed by atoms with Crippen molar-refractivity contribution >= 4 is 34.7 Å². The number of carbonyl (C=O) groups is 3. The average molecular weight is 373 g/mol. The summed E-state index contributed by atoms with van der Waals surface area (Å²) >= 11 is 0. The Labute approximate surface area is 160 Å². The summed E-state index contributed by atoms with van der Waals surface area (Å²) in [7, 11) is 0. The number of hydrogen-bond acceptors (Lipinski definition) is 5. The summed E-state index contributed by atoms with van der Waals surface area (Å²) in [4.78, 5) is 37.8. The second kappa shape index (κ2) is 7.32. The lowest BCUT2D eigenvalue weighted by atomic mass is 10.1. The van der Waals surface area contributed by atoms with Gasteiger partial charge in [0.2, 0.25) is 0 Å². The first-order valence-corrected chi connectivity index (χ1v) is 8.56. The van der Waals surface area contributed by atoms with Crippen molar-refractivity contribution in [2.75, 3.05) is 10.6 Å². The minimum atomic E-state index is -0.536. The number of ketones is 1. The summed E-state index contributed by atoms with van der Waals surface area (Å²) in [5.41, 5.74) is 3.22. The van der Waals surface area contributed by atoms with Gasteiger partial charge in [-0.1, -0.05) is 30.3 Å². The molecular formula is C21H15N3O4. The van der Waals surface area contributed by atoms with Crippen LogP contribution in [0.15, 0.2) is 76.3 Å². The van der Waals surface area contributed by atoms with Crippen molar-refractivity contribution in [2.45, 2.75) is 6.54 Å². The van der Waals surface area contributed by atoms with Crippen molar-refractivity contribution in [3.8, 4) is 0 Å². The number of furan rings is 1. The van der Waals surface area contributed by atoms with Crippen molar-refractivity contribution in [1.82, 2.24) is 0 Å². The molecule has 0 spiro atoms. The fraction of sp³-hybridized carbons (Fsp3) is 0.0476. The quantitative estimate of drug-likeness (QED) is 0.674. The van der Waals surface area contributed by atoms with Crippen molar-refractivity contribution in [2.24, 2.45) is 4.99 Å². The van der Waals surface area contributed by atoms with E-state index in [0.717, 1.165) is 17.0 Å². The number of nitrogens with zero attached hydrogens (tertiary/aromatic N) is 1. The molecule has 2 amide bonds. The highest BCUT2D eigenvalue weighted by molar-refractivity contribution is 6.53. The molecule has 138 valence electrons. The zero-order valence-corrected chi connectivity index (χ0v) is 14.6. The Balaban J connectivity index is 0.000000151. The van der Waals surface area contributed by atoms with E-state index in [1.54, 1.807) is 36.6 Å². The fourth-order valence-corrected chi connectivity index (χ4v) is 2.91. The van der Waals surface area contributed by atoms with Gasteiger partial charge in [-0.15, -0.1) is 0 Å². The zero-order valence-electron chi connectivity index (χ0n) is 14.6. The molecule has 0 bridgehead atoms. The number of amides is 2. The molecule has 0 fully saturated rings. The van der Waals surface area contributed by atoms with Crippen LogP contribution in [0.4, 0.5) is 11.4 Å². The van der Waals surface area contributed by atoms with Crippen LogP contribution in [0.25, 0.3) is 0 Å². The van der Waals surface area contributed by atoms with Gasteiger partial charge in [0.15, 0.2) is 0 Å². The first-order valence-electron chi connectivity index (χ1n) is 8.56. The Morgan fingerprint density at radius 3 is 2.07 bits per heavy atom. The number of aliphatic imine (C=N–C) groups is 1. The molecule has 0 atom stereocenters. The average Bonchev–Trinajstić information content (AvgIpc) is 3.40. The third-order valence-corrected chi connectivity index (χ3v) is 4.24. The number of hydrogen-bond donors (Lipinski definition) is 2. The molecule has 7 nitrogen and oxygen atoms in total. The molecule has 1 aromatic heterocycles. The van der Waals surface area contributed by atoms with Crippen LogP contribution in [0.3, 0.4) is 0 Å². The molecule has 5 rings (SSSR count). The van der Waals surface area contributed by atoms with Gasteiger partial charge in [-0.25, -0.2) is 0 Å². The van der Waals surface area contributed by atoms with Gasteiger partial charge < -0.3 is 15.1 Å². The topological polar surface area (TPSA) is 101 Å². The molecule has 2 aliphatic rings. The molecule has 7 heteroatoms. The molecule has 3 aromatic rings. The molecule has 0 aliphatic carbocycles. The third-order valence-electron chi connectivity index (χ3n) is 4.24. The highest BCUT2D eigenvalue weighted by Gasteiger charge is 2.26. The molecule has 2 N–H and O–H groups in total. The SMILES string of the molecule is O=C1Nc2ccccc2C1=NCc1ccco1.O=C1Nc2ccccc2C1=O. The van der Waals surface area contributed by atoms with Crippen molar-refractivity contribution in [3.05, 3.63) is 83.8 Å². The Morgan fingerprint density at radius 2 is 1.39 bits per heavy atom. The monoisotopic (exact) mass is 373 g/mol. The number of Topliss-reactive ketones (excluding diaryl/α,β-unsaturated/α-hetero) is 1. The minimum Gasteiger partial charge on any atom is -0.467 e. The van der Waals surface area contributed by atoms with Crippen molar-refractivity contribution in [3.63, 3.8) is 0 Å². The summed E-state index contributed by atoms with van der Waals surface area (Å²) in [5.74, 6) is -0.390. The minimum absolute atomic E-state index is 0.155. The summed E-state index contributed by atoms with van der Waals surface area (Å²) in [5, 5.41) is 5.24. The van der Waals surface area contributed by atoms with E-state index < -0.39 is 11.7 Å². The lowest BCUT2D eigenvalue weighted by molar-refractivity contribution is -0.112.